The second kappa shape index (κ2) is 8.48. The first-order chi connectivity index (χ1) is 13.6. The molecule has 3 rings (SSSR count). The van der Waals surface area contributed by atoms with Gasteiger partial charge in [-0.05, 0) is 43.4 Å². The number of carbonyl (C=O) groups is 1. The summed E-state index contributed by atoms with van der Waals surface area (Å²) in [6.45, 7) is 2.42. The number of methoxy groups -OCH3 is 1. The molecule has 7 heteroatoms. The summed E-state index contributed by atoms with van der Waals surface area (Å²) in [6, 6.07) is 3.88. The van der Waals surface area contributed by atoms with Crippen LogP contribution in [-0.4, -0.2) is 34.6 Å². The predicted octanol–water partition coefficient (Wildman–Crippen LogP) is 5.05. The standard InChI is InChI=1S/C22H28F3NO3/c1-15-5-3-9-21(28,14-15)10-7-19(27)17-13-16(8-12-29-2)26-11-4-6-18(20(17)26)22(23,24)25/h4,6,11,13,15,28H,3,5,7-10,12,14H2,1-2H3/t15-,21+/m1/s1. The van der Waals surface area contributed by atoms with Crippen molar-refractivity contribution in [3.8, 4) is 0 Å². The summed E-state index contributed by atoms with van der Waals surface area (Å²) in [4.78, 5) is 13.0. The molecule has 4 nitrogen and oxygen atoms in total. The fourth-order valence-corrected chi connectivity index (χ4v) is 4.51. The quantitative estimate of drug-likeness (QED) is 0.649. The van der Waals surface area contributed by atoms with Crippen molar-refractivity contribution in [3.05, 3.63) is 41.2 Å². The Bertz CT molecular complexity index is 874. The zero-order chi connectivity index (χ0) is 21.2. The summed E-state index contributed by atoms with van der Waals surface area (Å²) in [7, 11) is 1.52. The number of halogens is 3. The molecule has 1 fully saturated rings. The Labute approximate surface area is 168 Å². The number of ketones is 1. The van der Waals surface area contributed by atoms with Crippen LogP contribution in [-0.2, 0) is 17.3 Å². The normalized spacial score (nSPS) is 22.9. The van der Waals surface area contributed by atoms with Crippen molar-refractivity contribution in [2.75, 3.05) is 13.7 Å². The minimum Gasteiger partial charge on any atom is -0.390 e. The van der Waals surface area contributed by atoms with Gasteiger partial charge in [-0.2, -0.15) is 13.2 Å². The van der Waals surface area contributed by atoms with Crippen LogP contribution in [0, 0.1) is 5.92 Å². The molecule has 0 aromatic carbocycles. The molecule has 160 valence electrons. The smallest absolute Gasteiger partial charge is 0.390 e. The molecule has 2 atom stereocenters. The van der Waals surface area contributed by atoms with Crippen molar-refractivity contribution in [2.45, 2.75) is 63.6 Å². The zero-order valence-electron chi connectivity index (χ0n) is 16.9. The second-order valence-electron chi connectivity index (χ2n) is 8.28. The Hall–Kier alpha value is -1.86. The molecule has 2 aromatic rings. The van der Waals surface area contributed by atoms with Gasteiger partial charge in [0, 0.05) is 37.4 Å². The van der Waals surface area contributed by atoms with Gasteiger partial charge < -0.3 is 14.2 Å². The van der Waals surface area contributed by atoms with E-state index < -0.39 is 17.3 Å². The van der Waals surface area contributed by atoms with Gasteiger partial charge >= 0.3 is 6.18 Å². The maximum atomic E-state index is 13.6. The third-order valence-corrected chi connectivity index (χ3v) is 5.92. The number of rotatable bonds is 7. The van der Waals surface area contributed by atoms with Gasteiger partial charge in [0.15, 0.2) is 5.78 Å². The van der Waals surface area contributed by atoms with Crippen molar-refractivity contribution in [3.63, 3.8) is 0 Å². The van der Waals surface area contributed by atoms with Crippen LogP contribution in [0.15, 0.2) is 24.4 Å². The monoisotopic (exact) mass is 411 g/mol. The molecule has 0 unspecified atom stereocenters. The van der Waals surface area contributed by atoms with Crippen molar-refractivity contribution < 1.29 is 27.8 Å². The van der Waals surface area contributed by atoms with E-state index in [0.717, 1.165) is 18.9 Å². The fourth-order valence-electron chi connectivity index (χ4n) is 4.51. The number of carbonyl (C=O) groups excluding carboxylic acids is 1. The molecule has 0 amide bonds. The SMILES string of the molecule is COCCc1cc(C(=O)CC[C@@]2(O)CCC[C@@H](C)C2)c2c(C(F)(F)F)cccn12. The van der Waals surface area contributed by atoms with Gasteiger partial charge in [0.05, 0.1) is 23.3 Å². The molecule has 29 heavy (non-hydrogen) atoms. The predicted molar refractivity (Wildman–Crippen MR) is 104 cm³/mol. The Kier molecular flexibility index (Phi) is 6.39. The maximum absolute atomic E-state index is 13.6. The number of nitrogens with zero attached hydrogens (tertiary/aromatic N) is 1. The molecular formula is C22H28F3NO3. The highest BCUT2D eigenvalue weighted by Crippen LogP contribution is 2.38. The topological polar surface area (TPSA) is 50.9 Å². The molecule has 0 saturated heterocycles. The van der Waals surface area contributed by atoms with Crippen molar-refractivity contribution in [2.24, 2.45) is 5.92 Å². The van der Waals surface area contributed by atoms with Crippen molar-refractivity contribution >= 4 is 11.3 Å². The van der Waals surface area contributed by atoms with E-state index in [1.54, 1.807) is 12.3 Å². The van der Waals surface area contributed by atoms with E-state index in [1.807, 2.05) is 0 Å². The lowest BCUT2D eigenvalue weighted by Gasteiger charge is -2.35. The van der Waals surface area contributed by atoms with E-state index in [0.29, 0.717) is 37.5 Å². The minimum absolute atomic E-state index is 0.0266. The van der Waals surface area contributed by atoms with Crippen molar-refractivity contribution in [1.29, 1.82) is 0 Å². The summed E-state index contributed by atoms with van der Waals surface area (Å²) in [6.07, 6.45) is 0.895. The van der Waals surface area contributed by atoms with Crippen LogP contribution in [0.5, 0.6) is 0 Å². The van der Waals surface area contributed by atoms with E-state index in [2.05, 4.69) is 6.92 Å². The van der Waals surface area contributed by atoms with Gasteiger partial charge in [-0.1, -0.05) is 19.8 Å². The average Bonchev–Trinajstić information content (AvgIpc) is 3.02. The van der Waals surface area contributed by atoms with Crippen LogP contribution in [0.4, 0.5) is 13.2 Å². The lowest BCUT2D eigenvalue weighted by atomic mass is 9.76. The molecule has 1 saturated carbocycles. The molecule has 1 aliphatic carbocycles. The number of hydrogen-bond acceptors (Lipinski definition) is 3. The Morgan fingerprint density at radius 3 is 2.83 bits per heavy atom. The zero-order valence-corrected chi connectivity index (χ0v) is 16.9. The molecule has 2 heterocycles. The van der Waals surface area contributed by atoms with E-state index in [4.69, 9.17) is 4.74 Å². The highest BCUT2D eigenvalue weighted by molar-refractivity contribution is 6.03. The molecule has 1 N–H and O–H groups in total. The number of fused-ring (bicyclic) bond motifs is 1. The molecule has 2 aromatic heterocycles. The van der Waals surface area contributed by atoms with Crippen LogP contribution >= 0.6 is 0 Å². The molecule has 0 aliphatic heterocycles. The van der Waals surface area contributed by atoms with E-state index in [9.17, 15) is 23.1 Å². The number of hydrogen-bond donors (Lipinski definition) is 1. The number of Topliss-reactive ketones (excluding diaryl/α,β-unsaturated/α-hetero) is 1. The molecular weight excluding hydrogens is 383 g/mol. The third-order valence-electron chi connectivity index (χ3n) is 5.92. The summed E-state index contributed by atoms with van der Waals surface area (Å²) >= 11 is 0. The summed E-state index contributed by atoms with van der Waals surface area (Å²) < 4.78 is 47.3. The Morgan fingerprint density at radius 2 is 2.17 bits per heavy atom. The highest BCUT2D eigenvalue weighted by Gasteiger charge is 2.36. The van der Waals surface area contributed by atoms with Gasteiger partial charge in [-0.15, -0.1) is 0 Å². The van der Waals surface area contributed by atoms with E-state index >= 15 is 0 Å². The first kappa shape index (κ1) is 21.8. The van der Waals surface area contributed by atoms with Gasteiger partial charge in [0.25, 0.3) is 0 Å². The van der Waals surface area contributed by atoms with Gasteiger partial charge in [0.2, 0.25) is 0 Å². The van der Waals surface area contributed by atoms with Gasteiger partial charge in [-0.3, -0.25) is 4.79 Å². The van der Waals surface area contributed by atoms with Crippen LogP contribution in [0.3, 0.4) is 0 Å². The Balaban J connectivity index is 1.93. The average molecular weight is 411 g/mol. The van der Waals surface area contributed by atoms with Crippen LogP contribution < -0.4 is 0 Å². The maximum Gasteiger partial charge on any atom is 0.418 e. The minimum atomic E-state index is -4.56. The summed E-state index contributed by atoms with van der Waals surface area (Å²) in [5.74, 6) is 0.0196. The van der Waals surface area contributed by atoms with Crippen LogP contribution in [0.2, 0.25) is 0 Å². The number of aliphatic hydroxyl groups is 1. The molecule has 0 spiro atoms. The largest absolute Gasteiger partial charge is 0.418 e. The number of pyridine rings is 1. The second-order valence-corrected chi connectivity index (χ2v) is 8.28. The van der Waals surface area contributed by atoms with Crippen LogP contribution in [0.25, 0.3) is 5.52 Å². The van der Waals surface area contributed by atoms with Crippen LogP contribution in [0.1, 0.15) is 67.1 Å². The number of alkyl halides is 3. The fraction of sp³-hybridized carbons (Fsp3) is 0.591. The van der Waals surface area contributed by atoms with E-state index in [1.165, 1.54) is 17.6 Å². The summed E-state index contributed by atoms with van der Waals surface area (Å²) in [5, 5.41) is 10.8. The number of ether oxygens (including phenoxy) is 1. The third kappa shape index (κ3) is 4.83. The summed E-state index contributed by atoms with van der Waals surface area (Å²) in [5.41, 5.74) is -1.18. The van der Waals surface area contributed by atoms with Gasteiger partial charge in [-0.25, -0.2) is 0 Å². The number of aromatic nitrogens is 1. The molecule has 1 aliphatic rings. The van der Waals surface area contributed by atoms with Crippen molar-refractivity contribution in [1.82, 2.24) is 4.40 Å². The lowest BCUT2D eigenvalue weighted by molar-refractivity contribution is -0.136. The molecule has 0 bridgehead atoms. The first-order valence-electron chi connectivity index (χ1n) is 10.1. The Morgan fingerprint density at radius 1 is 1.41 bits per heavy atom. The van der Waals surface area contributed by atoms with Gasteiger partial charge in [0.1, 0.15) is 0 Å². The first-order valence-corrected chi connectivity index (χ1v) is 10.1. The highest BCUT2D eigenvalue weighted by atomic mass is 19.4. The molecule has 0 radical (unpaired) electrons. The van der Waals surface area contributed by atoms with E-state index in [-0.39, 0.29) is 29.7 Å². The lowest BCUT2D eigenvalue weighted by Crippen LogP contribution is -2.35.